The van der Waals surface area contributed by atoms with Gasteiger partial charge in [-0.3, -0.25) is 4.79 Å². The molecule has 0 radical (unpaired) electrons. The standard InChI is InChI=1S/C17H19NO2S/c19-17(20)12-14-6-8-15(9-7-14)13-18-10-11-21-16-4-2-1-3-5-16/h1-9,18H,10-13H2,(H,19,20). The van der Waals surface area contributed by atoms with E-state index in [2.05, 4.69) is 29.6 Å². The Labute approximate surface area is 129 Å². The number of rotatable bonds is 8. The molecule has 0 saturated heterocycles. The number of aliphatic carboxylic acids is 1. The summed E-state index contributed by atoms with van der Waals surface area (Å²) < 4.78 is 0. The van der Waals surface area contributed by atoms with Crippen molar-refractivity contribution in [3.8, 4) is 0 Å². The summed E-state index contributed by atoms with van der Waals surface area (Å²) in [6.45, 7) is 1.75. The molecule has 0 bridgehead atoms. The van der Waals surface area contributed by atoms with E-state index in [0.717, 1.165) is 24.4 Å². The molecule has 0 saturated carbocycles. The van der Waals surface area contributed by atoms with Crippen LogP contribution in [0, 0.1) is 0 Å². The van der Waals surface area contributed by atoms with Crippen molar-refractivity contribution < 1.29 is 9.90 Å². The number of hydrogen-bond donors (Lipinski definition) is 2. The minimum Gasteiger partial charge on any atom is -0.481 e. The van der Waals surface area contributed by atoms with E-state index >= 15 is 0 Å². The van der Waals surface area contributed by atoms with Gasteiger partial charge in [-0.1, -0.05) is 42.5 Å². The average molecular weight is 301 g/mol. The number of carboxylic acids is 1. The lowest BCUT2D eigenvalue weighted by Gasteiger charge is -2.06. The highest BCUT2D eigenvalue weighted by Crippen LogP contribution is 2.15. The summed E-state index contributed by atoms with van der Waals surface area (Å²) in [6, 6.07) is 18.1. The van der Waals surface area contributed by atoms with Gasteiger partial charge in [-0.15, -0.1) is 11.8 Å². The van der Waals surface area contributed by atoms with E-state index in [1.807, 2.05) is 42.1 Å². The molecule has 0 heterocycles. The Bertz CT molecular complexity index is 555. The summed E-state index contributed by atoms with van der Waals surface area (Å²) in [5.41, 5.74) is 2.01. The summed E-state index contributed by atoms with van der Waals surface area (Å²) in [6.07, 6.45) is 0.0847. The molecule has 110 valence electrons. The summed E-state index contributed by atoms with van der Waals surface area (Å²) in [5.74, 6) is 0.236. The lowest BCUT2D eigenvalue weighted by molar-refractivity contribution is -0.136. The highest BCUT2D eigenvalue weighted by atomic mass is 32.2. The van der Waals surface area contributed by atoms with Crippen molar-refractivity contribution in [3.63, 3.8) is 0 Å². The third kappa shape index (κ3) is 6.02. The van der Waals surface area contributed by atoms with Gasteiger partial charge >= 0.3 is 5.97 Å². The molecule has 0 aliphatic heterocycles. The Morgan fingerprint density at radius 2 is 1.67 bits per heavy atom. The Kier molecular flexibility index (Phi) is 6.31. The van der Waals surface area contributed by atoms with E-state index < -0.39 is 5.97 Å². The lowest BCUT2D eigenvalue weighted by atomic mass is 10.1. The molecule has 0 aliphatic rings. The molecule has 21 heavy (non-hydrogen) atoms. The largest absolute Gasteiger partial charge is 0.481 e. The van der Waals surface area contributed by atoms with Gasteiger partial charge in [0.2, 0.25) is 0 Å². The number of nitrogens with one attached hydrogen (secondary N) is 1. The normalized spacial score (nSPS) is 10.5. The summed E-state index contributed by atoms with van der Waals surface area (Å²) in [7, 11) is 0. The minimum absolute atomic E-state index is 0.0847. The number of thioether (sulfide) groups is 1. The number of carboxylic acid groups (broad SMARTS) is 1. The average Bonchev–Trinajstić information content (AvgIpc) is 2.49. The molecule has 0 aromatic heterocycles. The third-order valence-corrected chi connectivity index (χ3v) is 4.01. The monoisotopic (exact) mass is 301 g/mol. The van der Waals surface area contributed by atoms with Gasteiger partial charge in [-0.2, -0.15) is 0 Å². The van der Waals surface area contributed by atoms with Crippen LogP contribution in [0.2, 0.25) is 0 Å². The van der Waals surface area contributed by atoms with Gasteiger partial charge in [0.1, 0.15) is 0 Å². The van der Waals surface area contributed by atoms with E-state index in [0.29, 0.717) is 0 Å². The van der Waals surface area contributed by atoms with E-state index in [-0.39, 0.29) is 6.42 Å². The summed E-state index contributed by atoms with van der Waals surface area (Å²) in [5, 5.41) is 12.1. The van der Waals surface area contributed by atoms with E-state index in [1.54, 1.807) is 0 Å². The molecule has 2 rings (SSSR count). The molecular formula is C17H19NO2S. The number of benzene rings is 2. The molecule has 0 atom stereocenters. The van der Waals surface area contributed by atoms with Crippen LogP contribution in [0.5, 0.6) is 0 Å². The highest BCUT2D eigenvalue weighted by molar-refractivity contribution is 7.99. The molecule has 0 amide bonds. The van der Waals surface area contributed by atoms with E-state index in [9.17, 15) is 4.79 Å². The fraction of sp³-hybridized carbons (Fsp3) is 0.235. The van der Waals surface area contributed by atoms with Crippen LogP contribution in [0.1, 0.15) is 11.1 Å². The predicted molar refractivity (Wildman–Crippen MR) is 86.7 cm³/mol. The highest BCUT2D eigenvalue weighted by Gasteiger charge is 2.00. The molecule has 4 heteroatoms. The number of hydrogen-bond acceptors (Lipinski definition) is 3. The maximum Gasteiger partial charge on any atom is 0.307 e. The quantitative estimate of drug-likeness (QED) is 0.581. The van der Waals surface area contributed by atoms with Gasteiger partial charge in [0, 0.05) is 23.7 Å². The molecule has 0 unspecified atom stereocenters. The SMILES string of the molecule is O=C(O)Cc1ccc(CNCCSc2ccccc2)cc1. The van der Waals surface area contributed by atoms with Crippen LogP contribution in [0.3, 0.4) is 0 Å². The van der Waals surface area contributed by atoms with Crippen LogP contribution in [-0.4, -0.2) is 23.4 Å². The van der Waals surface area contributed by atoms with Crippen LogP contribution in [0.4, 0.5) is 0 Å². The summed E-state index contributed by atoms with van der Waals surface area (Å²) >= 11 is 1.84. The molecular weight excluding hydrogens is 282 g/mol. The summed E-state index contributed by atoms with van der Waals surface area (Å²) in [4.78, 5) is 11.9. The third-order valence-electron chi connectivity index (χ3n) is 3.00. The maximum atomic E-state index is 10.6. The molecule has 2 N–H and O–H groups in total. The fourth-order valence-electron chi connectivity index (χ4n) is 1.94. The molecule has 0 spiro atoms. The first-order valence-corrected chi connectivity index (χ1v) is 7.91. The zero-order valence-electron chi connectivity index (χ0n) is 11.8. The fourth-order valence-corrected chi connectivity index (χ4v) is 2.77. The van der Waals surface area contributed by atoms with Crippen molar-refractivity contribution in [2.24, 2.45) is 0 Å². The second-order valence-electron chi connectivity index (χ2n) is 4.73. The Balaban J connectivity index is 1.65. The minimum atomic E-state index is -0.793. The predicted octanol–water partition coefficient (Wildman–Crippen LogP) is 3.20. The van der Waals surface area contributed by atoms with Crippen molar-refractivity contribution in [2.45, 2.75) is 17.9 Å². The molecule has 0 aliphatic carbocycles. The van der Waals surface area contributed by atoms with Crippen LogP contribution >= 0.6 is 11.8 Å². The first kappa shape index (κ1) is 15.6. The Morgan fingerprint density at radius 1 is 1.00 bits per heavy atom. The first-order chi connectivity index (χ1) is 10.2. The lowest BCUT2D eigenvalue weighted by Crippen LogP contribution is -2.16. The second kappa shape index (κ2) is 8.49. The van der Waals surface area contributed by atoms with Gasteiger partial charge in [0.25, 0.3) is 0 Å². The van der Waals surface area contributed by atoms with E-state index in [4.69, 9.17) is 5.11 Å². The van der Waals surface area contributed by atoms with Gasteiger partial charge < -0.3 is 10.4 Å². The zero-order valence-corrected chi connectivity index (χ0v) is 12.6. The van der Waals surface area contributed by atoms with Crippen molar-refractivity contribution in [2.75, 3.05) is 12.3 Å². The van der Waals surface area contributed by atoms with Crippen LogP contribution in [0.15, 0.2) is 59.5 Å². The molecule has 3 nitrogen and oxygen atoms in total. The van der Waals surface area contributed by atoms with Crippen molar-refractivity contribution >= 4 is 17.7 Å². The maximum absolute atomic E-state index is 10.6. The molecule has 2 aromatic carbocycles. The van der Waals surface area contributed by atoms with Crippen LogP contribution in [-0.2, 0) is 17.8 Å². The Morgan fingerprint density at radius 3 is 2.33 bits per heavy atom. The molecule has 0 fully saturated rings. The van der Waals surface area contributed by atoms with Crippen molar-refractivity contribution in [1.29, 1.82) is 0 Å². The zero-order chi connectivity index (χ0) is 14.9. The van der Waals surface area contributed by atoms with Crippen LogP contribution in [0.25, 0.3) is 0 Å². The van der Waals surface area contributed by atoms with Gasteiger partial charge in [-0.25, -0.2) is 0 Å². The van der Waals surface area contributed by atoms with Crippen molar-refractivity contribution in [3.05, 3.63) is 65.7 Å². The number of carbonyl (C=O) groups is 1. The van der Waals surface area contributed by atoms with Gasteiger partial charge in [0.05, 0.1) is 6.42 Å². The first-order valence-electron chi connectivity index (χ1n) is 6.92. The van der Waals surface area contributed by atoms with Crippen LogP contribution < -0.4 is 5.32 Å². The Hall–Kier alpha value is -1.78. The topological polar surface area (TPSA) is 49.3 Å². The smallest absolute Gasteiger partial charge is 0.307 e. The van der Waals surface area contributed by atoms with Gasteiger partial charge in [0.15, 0.2) is 0 Å². The van der Waals surface area contributed by atoms with Crippen molar-refractivity contribution in [1.82, 2.24) is 5.32 Å². The second-order valence-corrected chi connectivity index (χ2v) is 5.89. The molecule has 2 aromatic rings. The van der Waals surface area contributed by atoms with E-state index in [1.165, 1.54) is 10.5 Å². The van der Waals surface area contributed by atoms with Gasteiger partial charge in [-0.05, 0) is 23.3 Å².